The Bertz CT molecular complexity index is 749. The molecular formula is C20H18O3. The first-order valence-corrected chi connectivity index (χ1v) is 7.23. The molecule has 0 fully saturated rings. The zero-order valence-electron chi connectivity index (χ0n) is 13.2. The second-order valence-electron chi connectivity index (χ2n) is 4.81. The molecular weight excluding hydrogens is 288 g/mol. The Morgan fingerprint density at radius 1 is 1.09 bits per heavy atom. The second kappa shape index (κ2) is 8.45. The Labute approximate surface area is 136 Å². The SMILES string of the molecule is COC(=O)/C(C)=C/c1ccccc1OCC#Cc1ccccc1. The molecule has 0 heterocycles. The summed E-state index contributed by atoms with van der Waals surface area (Å²) in [7, 11) is 1.36. The first kappa shape index (κ1) is 16.4. The Balaban J connectivity index is 2.07. The Kier molecular flexibility index (Phi) is 6.02. The van der Waals surface area contributed by atoms with Gasteiger partial charge in [-0.15, -0.1) is 0 Å². The number of carbonyl (C=O) groups excluding carboxylic acids is 1. The molecule has 2 aromatic rings. The molecule has 0 aliphatic heterocycles. The lowest BCUT2D eigenvalue weighted by atomic mass is 10.1. The van der Waals surface area contributed by atoms with E-state index in [1.165, 1.54) is 7.11 Å². The van der Waals surface area contributed by atoms with Gasteiger partial charge >= 0.3 is 5.97 Å². The minimum Gasteiger partial charge on any atom is -0.480 e. The van der Waals surface area contributed by atoms with Crippen LogP contribution in [0.3, 0.4) is 0 Å². The fourth-order valence-corrected chi connectivity index (χ4v) is 1.96. The van der Waals surface area contributed by atoms with E-state index < -0.39 is 0 Å². The van der Waals surface area contributed by atoms with Crippen molar-refractivity contribution in [1.82, 2.24) is 0 Å². The quantitative estimate of drug-likeness (QED) is 0.491. The monoisotopic (exact) mass is 306 g/mol. The molecule has 0 unspecified atom stereocenters. The maximum Gasteiger partial charge on any atom is 0.333 e. The zero-order valence-corrected chi connectivity index (χ0v) is 13.2. The summed E-state index contributed by atoms with van der Waals surface area (Å²) >= 11 is 0. The third kappa shape index (κ3) is 5.05. The average molecular weight is 306 g/mol. The largest absolute Gasteiger partial charge is 0.480 e. The van der Waals surface area contributed by atoms with Gasteiger partial charge in [0.05, 0.1) is 7.11 Å². The van der Waals surface area contributed by atoms with Crippen molar-refractivity contribution in [2.75, 3.05) is 13.7 Å². The molecule has 0 saturated heterocycles. The number of methoxy groups -OCH3 is 1. The summed E-state index contributed by atoms with van der Waals surface area (Å²) in [5.41, 5.74) is 2.28. The highest BCUT2D eigenvalue weighted by Gasteiger charge is 2.06. The van der Waals surface area contributed by atoms with E-state index in [0.29, 0.717) is 11.3 Å². The van der Waals surface area contributed by atoms with Crippen LogP contribution in [0.5, 0.6) is 5.75 Å². The second-order valence-corrected chi connectivity index (χ2v) is 4.81. The van der Waals surface area contributed by atoms with Gasteiger partial charge in [-0.2, -0.15) is 0 Å². The fourth-order valence-electron chi connectivity index (χ4n) is 1.96. The van der Waals surface area contributed by atoms with Crippen molar-refractivity contribution in [3.63, 3.8) is 0 Å². The van der Waals surface area contributed by atoms with E-state index in [0.717, 1.165) is 11.1 Å². The maximum atomic E-state index is 11.5. The molecule has 0 spiro atoms. The third-order valence-corrected chi connectivity index (χ3v) is 3.10. The average Bonchev–Trinajstić information content (AvgIpc) is 2.60. The van der Waals surface area contributed by atoms with Gasteiger partial charge in [-0.05, 0) is 31.2 Å². The summed E-state index contributed by atoms with van der Waals surface area (Å²) in [5, 5.41) is 0. The molecule has 2 aromatic carbocycles. The minimum atomic E-state index is -0.358. The van der Waals surface area contributed by atoms with Crippen molar-refractivity contribution in [2.45, 2.75) is 6.92 Å². The van der Waals surface area contributed by atoms with Crippen LogP contribution in [-0.2, 0) is 9.53 Å². The Hall–Kier alpha value is -2.99. The number of esters is 1. The van der Waals surface area contributed by atoms with Gasteiger partial charge in [-0.3, -0.25) is 0 Å². The van der Waals surface area contributed by atoms with E-state index in [1.807, 2.05) is 54.6 Å². The first-order chi connectivity index (χ1) is 11.2. The van der Waals surface area contributed by atoms with E-state index >= 15 is 0 Å². The molecule has 0 bridgehead atoms. The van der Waals surface area contributed by atoms with Crippen molar-refractivity contribution in [1.29, 1.82) is 0 Å². The molecule has 3 heteroatoms. The van der Waals surface area contributed by atoms with Crippen molar-refractivity contribution in [3.05, 3.63) is 71.3 Å². The van der Waals surface area contributed by atoms with Gasteiger partial charge in [0.1, 0.15) is 12.4 Å². The molecule has 0 atom stereocenters. The molecule has 0 aliphatic carbocycles. The predicted molar refractivity (Wildman–Crippen MR) is 90.9 cm³/mol. The molecule has 0 radical (unpaired) electrons. The molecule has 0 N–H and O–H groups in total. The highest BCUT2D eigenvalue weighted by Crippen LogP contribution is 2.21. The highest BCUT2D eigenvalue weighted by atomic mass is 16.5. The van der Waals surface area contributed by atoms with E-state index in [4.69, 9.17) is 9.47 Å². The number of benzene rings is 2. The van der Waals surface area contributed by atoms with Crippen molar-refractivity contribution in [3.8, 4) is 17.6 Å². The molecule has 23 heavy (non-hydrogen) atoms. The number of carbonyl (C=O) groups is 1. The minimum absolute atomic E-state index is 0.275. The lowest BCUT2D eigenvalue weighted by molar-refractivity contribution is -0.135. The van der Waals surface area contributed by atoms with Gasteiger partial charge in [0, 0.05) is 16.7 Å². The van der Waals surface area contributed by atoms with E-state index in [-0.39, 0.29) is 12.6 Å². The molecule has 3 nitrogen and oxygen atoms in total. The van der Waals surface area contributed by atoms with Gasteiger partial charge in [-0.1, -0.05) is 48.2 Å². The van der Waals surface area contributed by atoms with Gasteiger partial charge in [0.15, 0.2) is 0 Å². The number of hydrogen-bond donors (Lipinski definition) is 0. The fraction of sp³-hybridized carbons (Fsp3) is 0.150. The summed E-state index contributed by atoms with van der Waals surface area (Å²) in [4.78, 5) is 11.5. The van der Waals surface area contributed by atoms with Crippen molar-refractivity contribution >= 4 is 12.0 Å². The van der Waals surface area contributed by atoms with Gasteiger partial charge in [0.25, 0.3) is 0 Å². The molecule has 0 aromatic heterocycles. The van der Waals surface area contributed by atoms with Crippen LogP contribution in [0.2, 0.25) is 0 Å². The summed E-state index contributed by atoms with van der Waals surface area (Å²) in [5.74, 6) is 6.34. The lowest BCUT2D eigenvalue weighted by Crippen LogP contribution is -2.02. The Morgan fingerprint density at radius 2 is 1.78 bits per heavy atom. The van der Waals surface area contributed by atoms with Crippen molar-refractivity contribution in [2.24, 2.45) is 0 Å². The highest BCUT2D eigenvalue weighted by molar-refractivity contribution is 5.93. The van der Waals surface area contributed by atoms with Crippen LogP contribution < -0.4 is 4.74 Å². The summed E-state index contributed by atoms with van der Waals surface area (Å²) in [6.07, 6.45) is 1.74. The molecule has 0 amide bonds. The zero-order chi connectivity index (χ0) is 16.5. The van der Waals surface area contributed by atoms with Crippen LogP contribution in [0.1, 0.15) is 18.1 Å². The van der Waals surface area contributed by atoms with Crippen LogP contribution in [0, 0.1) is 11.8 Å². The van der Waals surface area contributed by atoms with Crippen LogP contribution in [0.15, 0.2) is 60.2 Å². The summed E-state index contributed by atoms with van der Waals surface area (Å²) < 4.78 is 10.4. The first-order valence-electron chi connectivity index (χ1n) is 7.23. The van der Waals surface area contributed by atoms with Gasteiger partial charge in [0.2, 0.25) is 0 Å². The van der Waals surface area contributed by atoms with E-state index in [2.05, 4.69) is 11.8 Å². The van der Waals surface area contributed by atoms with Crippen LogP contribution in [0.4, 0.5) is 0 Å². The smallest absolute Gasteiger partial charge is 0.333 e. The van der Waals surface area contributed by atoms with E-state index in [1.54, 1.807) is 13.0 Å². The summed E-state index contributed by atoms with van der Waals surface area (Å²) in [6, 6.07) is 17.2. The van der Waals surface area contributed by atoms with Crippen LogP contribution in [-0.4, -0.2) is 19.7 Å². The maximum absolute atomic E-state index is 11.5. The summed E-state index contributed by atoms with van der Waals surface area (Å²) in [6.45, 7) is 1.98. The Morgan fingerprint density at radius 3 is 2.52 bits per heavy atom. The standard InChI is InChI=1S/C20H18O3/c1-16(20(21)22-2)15-18-12-6-7-13-19(18)23-14-8-11-17-9-4-3-5-10-17/h3-7,9-10,12-13,15H,14H2,1-2H3/b16-15+. The third-order valence-electron chi connectivity index (χ3n) is 3.10. The van der Waals surface area contributed by atoms with Crippen molar-refractivity contribution < 1.29 is 14.3 Å². The number of ether oxygens (including phenoxy) is 2. The number of hydrogen-bond acceptors (Lipinski definition) is 3. The molecule has 0 aliphatic rings. The molecule has 0 saturated carbocycles. The van der Waals surface area contributed by atoms with Crippen LogP contribution >= 0.6 is 0 Å². The number of rotatable bonds is 4. The normalized spacial score (nSPS) is 10.4. The van der Waals surface area contributed by atoms with Gasteiger partial charge in [-0.25, -0.2) is 4.79 Å². The van der Waals surface area contributed by atoms with E-state index in [9.17, 15) is 4.79 Å². The molecule has 116 valence electrons. The van der Waals surface area contributed by atoms with Gasteiger partial charge < -0.3 is 9.47 Å². The molecule has 2 rings (SSSR count). The number of para-hydroxylation sites is 1. The lowest BCUT2D eigenvalue weighted by Gasteiger charge is -2.07. The van der Waals surface area contributed by atoms with Crippen LogP contribution in [0.25, 0.3) is 6.08 Å². The topological polar surface area (TPSA) is 35.5 Å². The predicted octanol–water partition coefficient (Wildman–Crippen LogP) is 3.69.